The number of aromatic nitrogens is 1. The van der Waals surface area contributed by atoms with E-state index in [1.807, 2.05) is 25.1 Å². The molecule has 0 amide bonds. The fourth-order valence-corrected chi connectivity index (χ4v) is 1.75. The van der Waals surface area contributed by atoms with Crippen molar-refractivity contribution in [3.8, 4) is 11.5 Å². The van der Waals surface area contributed by atoms with Crippen LogP contribution in [0, 0.1) is 6.92 Å². The largest absolute Gasteiger partial charge is 0.497 e. The lowest BCUT2D eigenvalue weighted by Gasteiger charge is -2.11. The van der Waals surface area contributed by atoms with Crippen LogP contribution in [-0.4, -0.2) is 19.2 Å². The van der Waals surface area contributed by atoms with Crippen LogP contribution < -0.4 is 20.7 Å². The van der Waals surface area contributed by atoms with Gasteiger partial charge in [0.2, 0.25) is 0 Å². The number of rotatable bonds is 3. The minimum Gasteiger partial charge on any atom is -0.497 e. The average Bonchev–Trinajstić information content (AvgIpc) is 2.36. The maximum absolute atomic E-state index is 5.41. The summed E-state index contributed by atoms with van der Waals surface area (Å²) in [6.07, 6.45) is 0. The zero-order valence-electron chi connectivity index (χ0n) is 10.1. The van der Waals surface area contributed by atoms with E-state index in [1.165, 1.54) is 0 Å². The molecular formula is C12H15N3O2. The number of anilines is 1. The fraction of sp³-hybridized carbons (Fsp3) is 0.250. The minimum atomic E-state index is 0.646. The van der Waals surface area contributed by atoms with E-state index in [1.54, 1.807) is 14.2 Å². The molecule has 0 spiro atoms. The van der Waals surface area contributed by atoms with Gasteiger partial charge in [0, 0.05) is 17.5 Å². The molecule has 0 aliphatic rings. The van der Waals surface area contributed by atoms with Crippen molar-refractivity contribution in [3.63, 3.8) is 0 Å². The Morgan fingerprint density at radius 2 is 1.94 bits per heavy atom. The number of fused-ring (bicyclic) bond motifs is 1. The summed E-state index contributed by atoms with van der Waals surface area (Å²) in [4.78, 5) is 4.41. The number of benzene rings is 1. The number of ether oxygens (including phenoxy) is 2. The Hall–Kier alpha value is -2.01. The van der Waals surface area contributed by atoms with E-state index >= 15 is 0 Å². The zero-order valence-corrected chi connectivity index (χ0v) is 10.1. The van der Waals surface area contributed by atoms with E-state index < -0.39 is 0 Å². The molecule has 0 atom stereocenters. The second-order valence-electron chi connectivity index (χ2n) is 3.69. The van der Waals surface area contributed by atoms with Gasteiger partial charge >= 0.3 is 0 Å². The highest BCUT2D eigenvalue weighted by molar-refractivity contribution is 5.88. The molecule has 3 N–H and O–H groups in total. The van der Waals surface area contributed by atoms with Crippen molar-refractivity contribution < 1.29 is 9.47 Å². The first kappa shape index (κ1) is 11.5. The highest BCUT2D eigenvalue weighted by Gasteiger charge is 2.09. The van der Waals surface area contributed by atoms with Crippen molar-refractivity contribution in [3.05, 3.63) is 23.8 Å². The van der Waals surface area contributed by atoms with Crippen molar-refractivity contribution in [2.24, 2.45) is 5.84 Å². The summed E-state index contributed by atoms with van der Waals surface area (Å²) in [6.45, 7) is 1.94. The number of nitrogens with one attached hydrogen (secondary N) is 1. The van der Waals surface area contributed by atoms with Crippen LogP contribution >= 0.6 is 0 Å². The first-order valence-electron chi connectivity index (χ1n) is 5.19. The van der Waals surface area contributed by atoms with Gasteiger partial charge in [-0.05, 0) is 18.6 Å². The number of nitrogens with zero attached hydrogens (tertiary/aromatic N) is 1. The SMILES string of the molecule is COc1cc(OC)c2cc(C)c(NN)nc2c1. The van der Waals surface area contributed by atoms with Gasteiger partial charge in [-0.3, -0.25) is 0 Å². The maximum atomic E-state index is 5.41. The van der Waals surface area contributed by atoms with Gasteiger partial charge in [-0.25, -0.2) is 10.8 Å². The number of hydrogen-bond acceptors (Lipinski definition) is 5. The van der Waals surface area contributed by atoms with Crippen LogP contribution in [0.1, 0.15) is 5.56 Å². The third-order valence-electron chi connectivity index (χ3n) is 2.65. The van der Waals surface area contributed by atoms with Crippen LogP contribution in [0.15, 0.2) is 18.2 Å². The molecule has 1 aromatic heterocycles. The fourth-order valence-electron chi connectivity index (χ4n) is 1.75. The Kier molecular flexibility index (Phi) is 3.01. The number of methoxy groups -OCH3 is 2. The Bertz CT molecular complexity index is 555. The Morgan fingerprint density at radius 1 is 1.18 bits per heavy atom. The van der Waals surface area contributed by atoms with Crippen LogP contribution in [0.2, 0.25) is 0 Å². The second-order valence-corrected chi connectivity index (χ2v) is 3.69. The number of aryl methyl sites for hydroxylation is 1. The summed E-state index contributed by atoms with van der Waals surface area (Å²) in [6, 6.07) is 5.66. The van der Waals surface area contributed by atoms with Crippen LogP contribution in [0.25, 0.3) is 10.9 Å². The van der Waals surface area contributed by atoms with Gasteiger partial charge in [0.15, 0.2) is 0 Å². The zero-order chi connectivity index (χ0) is 12.4. The molecule has 5 heteroatoms. The molecule has 0 unspecified atom stereocenters. The van der Waals surface area contributed by atoms with Crippen molar-refractivity contribution in [2.75, 3.05) is 19.6 Å². The monoisotopic (exact) mass is 233 g/mol. The Labute approximate surface area is 99.5 Å². The molecule has 1 heterocycles. The summed E-state index contributed by atoms with van der Waals surface area (Å²) in [5, 5.41) is 0.935. The number of pyridine rings is 1. The molecule has 2 rings (SSSR count). The van der Waals surface area contributed by atoms with E-state index in [0.29, 0.717) is 11.6 Å². The summed E-state index contributed by atoms with van der Waals surface area (Å²) < 4.78 is 10.5. The summed E-state index contributed by atoms with van der Waals surface area (Å²) in [5.74, 6) is 7.49. The van der Waals surface area contributed by atoms with Gasteiger partial charge in [-0.15, -0.1) is 0 Å². The van der Waals surface area contributed by atoms with Crippen molar-refractivity contribution >= 4 is 16.7 Å². The highest BCUT2D eigenvalue weighted by atomic mass is 16.5. The van der Waals surface area contributed by atoms with E-state index in [2.05, 4.69) is 10.4 Å². The van der Waals surface area contributed by atoms with Gasteiger partial charge in [-0.1, -0.05) is 0 Å². The lowest BCUT2D eigenvalue weighted by atomic mass is 10.1. The highest BCUT2D eigenvalue weighted by Crippen LogP contribution is 2.32. The third-order valence-corrected chi connectivity index (χ3v) is 2.65. The first-order valence-corrected chi connectivity index (χ1v) is 5.19. The molecule has 90 valence electrons. The van der Waals surface area contributed by atoms with Gasteiger partial charge < -0.3 is 14.9 Å². The van der Waals surface area contributed by atoms with Crippen molar-refractivity contribution in [1.82, 2.24) is 4.98 Å². The molecule has 5 nitrogen and oxygen atoms in total. The van der Waals surface area contributed by atoms with E-state index in [9.17, 15) is 0 Å². The van der Waals surface area contributed by atoms with E-state index in [-0.39, 0.29) is 0 Å². The molecular weight excluding hydrogens is 218 g/mol. The number of nitrogen functional groups attached to an aromatic ring is 1. The van der Waals surface area contributed by atoms with Crippen LogP contribution in [0.3, 0.4) is 0 Å². The number of hydrogen-bond donors (Lipinski definition) is 2. The quantitative estimate of drug-likeness (QED) is 0.625. The maximum Gasteiger partial charge on any atom is 0.143 e. The molecule has 17 heavy (non-hydrogen) atoms. The first-order chi connectivity index (χ1) is 8.19. The van der Waals surface area contributed by atoms with E-state index in [0.717, 1.165) is 22.2 Å². The standard InChI is InChI=1S/C12H15N3O2/c1-7-4-9-10(14-12(7)15-13)5-8(16-2)6-11(9)17-3/h4-6H,13H2,1-3H3,(H,14,15). The molecule has 0 radical (unpaired) electrons. The van der Waals surface area contributed by atoms with Gasteiger partial charge in [0.1, 0.15) is 17.3 Å². The summed E-state index contributed by atoms with van der Waals surface area (Å²) in [5.41, 5.74) is 4.31. The Balaban J connectivity index is 2.75. The predicted octanol–water partition coefficient (Wildman–Crippen LogP) is 1.85. The second kappa shape index (κ2) is 4.47. The average molecular weight is 233 g/mol. The predicted molar refractivity (Wildman–Crippen MR) is 67.4 cm³/mol. The normalized spacial score (nSPS) is 10.4. The Morgan fingerprint density at radius 3 is 2.53 bits per heavy atom. The van der Waals surface area contributed by atoms with Crippen LogP contribution in [0.5, 0.6) is 11.5 Å². The number of hydrazine groups is 1. The molecule has 2 aromatic rings. The molecule has 0 saturated heterocycles. The molecule has 1 aromatic carbocycles. The van der Waals surface area contributed by atoms with Crippen LogP contribution in [0.4, 0.5) is 5.82 Å². The summed E-state index contributed by atoms with van der Waals surface area (Å²) in [7, 11) is 3.23. The van der Waals surface area contributed by atoms with E-state index in [4.69, 9.17) is 15.3 Å². The number of nitrogens with two attached hydrogens (primary N) is 1. The lowest BCUT2D eigenvalue weighted by Crippen LogP contribution is -2.10. The van der Waals surface area contributed by atoms with Crippen molar-refractivity contribution in [2.45, 2.75) is 6.92 Å². The van der Waals surface area contributed by atoms with Gasteiger partial charge in [-0.2, -0.15) is 0 Å². The van der Waals surface area contributed by atoms with Gasteiger partial charge in [0.25, 0.3) is 0 Å². The molecule has 0 aliphatic carbocycles. The molecule has 0 aliphatic heterocycles. The molecule has 0 fully saturated rings. The third kappa shape index (κ3) is 1.97. The summed E-state index contributed by atoms with van der Waals surface area (Å²) >= 11 is 0. The topological polar surface area (TPSA) is 69.4 Å². The molecule has 0 saturated carbocycles. The van der Waals surface area contributed by atoms with Crippen molar-refractivity contribution in [1.29, 1.82) is 0 Å². The van der Waals surface area contributed by atoms with Gasteiger partial charge in [0.05, 0.1) is 19.7 Å². The lowest BCUT2D eigenvalue weighted by molar-refractivity contribution is 0.398. The minimum absolute atomic E-state index is 0.646. The molecule has 0 bridgehead atoms. The smallest absolute Gasteiger partial charge is 0.143 e. The van der Waals surface area contributed by atoms with Crippen LogP contribution in [-0.2, 0) is 0 Å².